The van der Waals surface area contributed by atoms with Gasteiger partial charge in [0.05, 0.1) is 10.8 Å². The molecule has 0 saturated heterocycles. The molecule has 2 heterocycles. The molecule has 0 unspecified atom stereocenters. The number of nitrogen functional groups attached to an aromatic ring is 1. The van der Waals surface area contributed by atoms with Crippen LogP contribution in [0.15, 0.2) is 12.3 Å². The molecular weight excluding hydrogens is 255 g/mol. The first-order chi connectivity index (χ1) is 6.22. The topological polar surface area (TPSA) is 56.7 Å². The summed E-state index contributed by atoms with van der Waals surface area (Å²) in [4.78, 5) is 7.94. The summed E-state index contributed by atoms with van der Waals surface area (Å²) in [5.74, 6) is 0.193. The van der Waals surface area contributed by atoms with Gasteiger partial charge in [0, 0.05) is 6.20 Å². The van der Waals surface area contributed by atoms with Crippen molar-refractivity contribution >= 4 is 44.5 Å². The molecule has 0 spiro atoms. The predicted octanol–water partition coefficient (Wildman–Crippen LogP) is 2.02. The van der Waals surface area contributed by atoms with E-state index in [1.807, 2.05) is 16.8 Å². The first kappa shape index (κ1) is 8.77. The summed E-state index contributed by atoms with van der Waals surface area (Å²) in [6.45, 7) is 0. The van der Waals surface area contributed by atoms with Crippen molar-refractivity contribution < 1.29 is 0 Å². The minimum Gasteiger partial charge on any atom is -0.368 e. The van der Waals surface area contributed by atoms with Crippen LogP contribution in [0.1, 0.15) is 0 Å². The number of aromatic nitrogens is 3. The highest BCUT2D eigenvalue weighted by molar-refractivity contribution is 9.08. The Balaban J connectivity index is 2.82. The normalized spacial score (nSPS) is 10.9. The first-order valence-corrected chi connectivity index (χ1v) is 5.06. The summed E-state index contributed by atoms with van der Waals surface area (Å²) in [6.07, 6.45) is 1.87. The van der Waals surface area contributed by atoms with Crippen molar-refractivity contribution in [1.29, 1.82) is 0 Å². The van der Waals surface area contributed by atoms with E-state index in [0.29, 0.717) is 10.6 Å². The van der Waals surface area contributed by atoms with Crippen molar-refractivity contribution in [1.82, 2.24) is 14.5 Å². The van der Waals surface area contributed by atoms with E-state index >= 15 is 0 Å². The standard InChI is InChI=1S/C7H6BrClN4/c8-3-13-2-1-4-5(9)11-7(10)12-6(4)13/h1-2H,3H2,(H2,10,11,12). The highest BCUT2D eigenvalue weighted by Gasteiger charge is 2.07. The Labute approximate surface area is 87.8 Å². The van der Waals surface area contributed by atoms with E-state index in [0.717, 1.165) is 11.0 Å². The SMILES string of the molecule is Nc1nc(Cl)c2ccn(CBr)c2n1. The third-order valence-corrected chi connectivity index (χ3v) is 2.55. The molecule has 0 atom stereocenters. The van der Waals surface area contributed by atoms with E-state index in [1.165, 1.54) is 0 Å². The smallest absolute Gasteiger partial charge is 0.223 e. The van der Waals surface area contributed by atoms with Crippen LogP contribution in [0.25, 0.3) is 11.0 Å². The Kier molecular flexibility index (Phi) is 2.13. The van der Waals surface area contributed by atoms with Crippen LogP contribution in [0.2, 0.25) is 5.15 Å². The first-order valence-electron chi connectivity index (χ1n) is 3.56. The highest BCUT2D eigenvalue weighted by Crippen LogP contribution is 2.22. The molecular formula is C7H6BrClN4. The molecule has 0 aliphatic carbocycles. The Morgan fingerprint density at radius 3 is 3.00 bits per heavy atom. The zero-order valence-corrected chi connectivity index (χ0v) is 8.88. The Morgan fingerprint density at radius 2 is 2.31 bits per heavy atom. The van der Waals surface area contributed by atoms with Crippen molar-refractivity contribution in [3.8, 4) is 0 Å². The second-order valence-corrected chi connectivity index (χ2v) is 3.37. The van der Waals surface area contributed by atoms with Crippen LogP contribution in [-0.4, -0.2) is 14.5 Å². The number of halogens is 2. The number of anilines is 1. The van der Waals surface area contributed by atoms with Crippen molar-refractivity contribution in [2.24, 2.45) is 0 Å². The fourth-order valence-corrected chi connectivity index (χ4v) is 1.78. The summed E-state index contributed by atoms with van der Waals surface area (Å²) in [6, 6.07) is 1.86. The van der Waals surface area contributed by atoms with Gasteiger partial charge >= 0.3 is 0 Å². The van der Waals surface area contributed by atoms with Gasteiger partial charge in [0.1, 0.15) is 10.8 Å². The maximum atomic E-state index is 5.87. The number of nitrogens with two attached hydrogens (primary N) is 1. The number of fused-ring (bicyclic) bond motifs is 1. The molecule has 13 heavy (non-hydrogen) atoms. The maximum Gasteiger partial charge on any atom is 0.223 e. The van der Waals surface area contributed by atoms with Crippen LogP contribution < -0.4 is 5.73 Å². The van der Waals surface area contributed by atoms with Crippen LogP contribution >= 0.6 is 27.5 Å². The lowest BCUT2D eigenvalue weighted by Gasteiger charge is -1.99. The van der Waals surface area contributed by atoms with E-state index < -0.39 is 0 Å². The number of hydrogen-bond donors (Lipinski definition) is 1. The summed E-state index contributed by atoms with van der Waals surface area (Å²) in [5, 5.41) is 1.21. The van der Waals surface area contributed by atoms with Gasteiger partial charge in [-0.05, 0) is 6.07 Å². The summed E-state index contributed by atoms with van der Waals surface area (Å²) in [5.41, 5.74) is 6.87. The molecule has 2 N–H and O–H groups in total. The molecule has 0 radical (unpaired) electrons. The lowest BCUT2D eigenvalue weighted by atomic mass is 10.4. The lowest BCUT2D eigenvalue weighted by Crippen LogP contribution is -1.98. The molecule has 0 amide bonds. The van der Waals surface area contributed by atoms with Gasteiger partial charge in [-0.1, -0.05) is 27.5 Å². The molecule has 4 nitrogen and oxygen atoms in total. The number of rotatable bonds is 1. The summed E-state index contributed by atoms with van der Waals surface area (Å²) < 4.78 is 1.89. The minimum absolute atomic E-state index is 0.193. The van der Waals surface area contributed by atoms with Gasteiger partial charge in [-0.15, -0.1) is 0 Å². The van der Waals surface area contributed by atoms with Crippen molar-refractivity contribution in [3.63, 3.8) is 0 Å². The van der Waals surface area contributed by atoms with Gasteiger partial charge in [-0.2, -0.15) is 4.98 Å². The van der Waals surface area contributed by atoms with Crippen molar-refractivity contribution in [2.75, 3.05) is 5.73 Å². The van der Waals surface area contributed by atoms with Gasteiger partial charge in [-0.3, -0.25) is 0 Å². The van der Waals surface area contributed by atoms with Crippen LogP contribution in [0.5, 0.6) is 0 Å². The molecule has 68 valence electrons. The zero-order valence-electron chi connectivity index (χ0n) is 6.54. The van der Waals surface area contributed by atoms with E-state index in [-0.39, 0.29) is 5.95 Å². The molecule has 0 bridgehead atoms. The van der Waals surface area contributed by atoms with Crippen LogP contribution in [0, 0.1) is 0 Å². The van der Waals surface area contributed by atoms with Crippen molar-refractivity contribution in [2.45, 2.75) is 5.45 Å². The van der Waals surface area contributed by atoms with Gasteiger partial charge < -0.3 is 10.3 Å². The third-order valence-electron chi connectivity index (χ3n) is 1.72. The largest absolute Gasteiger partial charge is 0.368 e. The van der Waals surface area contributed by atoms with Crippen molar-refractivity contribution in [3.05, 3.63) is 17.4 Å². The van der Waals surface area contributed by atoms with Crippen LogP contribution in [0.4, 0.5) is 5.95 Å². The fourth-order valence-electron chi connectivity index (χ4n) is 1.14. The van der Waals surface area contributed by atoms with E-state index in [4.69, 9.17) is 17.3 Å². The third kappa shape index (κ3) is 1.38. The molecule has 2 aromatic rings. The van der Waals surface area contributed by atoms with Gasteiger partial charge in [0.25, 0.3) is 0 Å². The summed E-state index contributed by atoms with van der Waals surface area (Å²) in [7, 11) is 0. The molecule has 0 aliphatic heterocycles. The number of hydrogen-bond acceptors (Lipinski definition) is 3. The average Bonchev–Trinajstić information content (AvgIpc) is 2.47. The minimum atomic E-state index is 0.193. The molecule has 0 aliphatic rings. The molecule has 0 saturated carbocycles. The van der Waals surface area contributed by atoms with Crippen LogP contribution in [0.3, 0.4) is 0 Å². The van der Waals surface area contributed by atoms with E-state index in [9.17, 15) is 0 Å². The molecule has 6 heteroatoms. The maximum absolute atomic E-state index is 5.87. The second kappa shape index (κ2) is 3.16. The highest BCUT2D eigenvalue weighted by atomic mass is 79.9. The lowest BCUT2D eigenvalue weighted by molar-refractivity contribution is 0.933. The number of alkyl halides is 1. The molecule has 0 fully saturated rings. The Bertz CT molecular complexity index is 453. The average molecular weight is 262 g/mol. The Hall–Kier alpha value is -0.810. The number of nitrogens with zero attached hydrogens (tertiary/aromatic N) is 3. The van der Waals surface area contributed by atoms with E-state index in [2.05, 4.69) is 25.9 Å². The van der Waals surface area contributed by atoms with Crippen LogP contribution in [-0.2, 0) is 5.45 Å². The molecule has 2 rings (SSSR count). The van der Waals surface area contributed by atoms with Gasteiger partial charge in [0.15, 0.2) is 0 Å². The fraction of sp³-hybridized carbons (Fsp3) is 0.143. The van der Waals surface area contributed by atoms with E-state index in [1.54, 1.807) is 0 Å². The second-order valence-electron chi connectivity index (χ2n) is 2.51. The quantitative estimate of drug-likeness (QED) is 0.631. The predicted molar refractivity (Wildman–Crippen MR) is 55.9 cm³/mol. The molecule has 2 aromatic heterocycles. The Morgan fingerprint density at radius 1 is 1.54 bits per heavy atom. The summed E-state index contributed by atoms with van der Waals surface area (Å²) >= 11 is 9.20. The molecule has 0 aromatic carbocycles. The van der Waals surface area contributed by atoms with Gasteiger partial charge in [-0.25, -0.2) is 4.98 Å². The monoisotopic (exact) mass is 260 g/mol. The zero-order chi connectivity index (χ0) is 9.42. The van der Waals surface area contributed by atoms with Gasteiger partial charge in [0.2, 0.25) is 5.95 Å².